The van der Waals surface area contributed by atoms with Crippen LogP contribution in [0.2, 0.25) is 5.02 Å². The van der Waals surface area contributed by atoms with E-state index in [4.69, 9.17) is 22.3 Å². The van der Waals surface area contributed by atoms with Gasteiger partial charge in [-0.2, -0.15) is 0 Å². The Bertz CT molecular complexity index is 788. The van der Waals surface area contributed by atoms with Crippen molar-refractivity contribution < 1.29 is 0 Å². The van der Waals surface area contributed by atoms with Gasteiger partial charge in [-0.3, -0.25) is 0 Å². The highest BCUT2D eigenvalue weighted by atomic mass is 35.5. The molecule has 3 aromatic rings. The minimum atomic E-state index is 0.0270. The van der Waals surface area contributed by atoms with Crippen LogP contribution in [-0.4, -0.2) is 9.97 Å². The highest BCUT2D eigenvalue weighted by Gasteiger charge is 2.48. The van der Waals surface area contributed by atoms with Gasteiger partial charge in [-0.15, -0.1) is 0 Å². The van der Waals surface area contributed by atoms with Gasteiger partial charge in [-0.25, -0.2) is 4.98 Å². The smallest absolute Gasteiger partial charge is 0.118 e. The predicted molar refractivity (Wildman–Crippen MR) is 82.0 cm³/mol. The molecule has 4 rings (SSSR count). The highest BCUT2D eigenvalue weighted by molar-refractivity contribution is 6.31. The summed E-state index contributed by atoms with van der Waals surface area (Å²) in [7, 11) is 0. The van der Waals surface area contributed by atoms with Crippen LogP contribution < -0.4 is 5.73 Å². The molecule has 0 atom stereocenters. The number of nitrogens with zero attached hydrogens (tertiary/aromatic N) is 1. The number of hydrogen-bond acceptors (Lipinski definition) is 2. The average molecular weight is 284 g/mol. The van der Waals surface area contributed by atoms with Crippen LogP contribution in [0.4, 0.5) is 5.69 Å². The third-order valence-corrected chi connectivity index (χ3v) is 4.33. The van der Waals surface area contributed by atoms with E-state index in [1.54, 1.807) is 6.07 Å². The quantitative estimate of drug-likeness (QED) is 0.701. The van der Waals surface area contributed by atoms with Crippen LogP contribution in [0.15, 0.2) is 42.5 Å². The van der Waals surface area contributed by atoms with Gasteiger partial charge in [0.2, 0.25) is 0 Å². The van der Waals surface area contributed by atoms with Crippen molar-refractivity contribution in [2.45, 2.75) is 18.3 Å². The molecule has 1 aromatic heterocycles. The predicted octanol–water partition coefficient (Wildman–Crippen LogP) is 3.88. The minimum Gasteiger partial charge on any atom is -0.397 e. The lowest BCUT2D eigenvalue weighted by Gasteiger charge is -2.12. The fourth-order valence-electron chi connectivity index (χ4n) is 2.88. The van der Waals surface area contributed by atoms with Gasteiger partial charge in [-0.1, -0.05) is 41.9 Å². The van der Waals surface area contributed by atoms with Crippen LogP contribution in [-0.2, 0) is 5.41 Å². The first-order chi connectivity index (χ1) is 9.69. The van der Waals surface area contributed by atoms with E-state index >= 15 is 0 Å². The topological polar surface area (TPSA) is 54.7 Å². The molecular weight excluding hydrogens is 270 g/mol. The van der Waals surface area contributed by atoms with Gasteiger partial charge in [-0.05, 0) is 30.5 Å². The summed E-state index contributed by atoms with van der Waals surface area (Å²) in [6.45, 7) is 0. The van der Waals surface area contributed by atoms with E-state index < -0.39 is 0 Å². The molecule has 0 bridgehead atoms. The van der Waals surface area contributed by atoms with Gasteiger partial charge in [0.15, 0.2) is 0 Å². The van der Waals surface area contributed by atoms with Crippen molar-refractivity contribution in [3.8, 4) is 0 Å². The van der Waals surface area contributed by atoms with Gasteiger partial charge in [0.25, 0.3) is 0 Å². The van der Waals surface area contributed by atoms with Crippen LogP contribution in [0.1, 0.15) is 24.2 Å². The zero-order valence-electron chi connectivity index (χ0n) is 10.9. The van der Waals surface area contributed by atoms with E-state index in [1.165, 1.54) is 5.56 Å². The second-order valence-electron chi connectivity index (χ2n) is 5.42. The van der Waals surface area contributed by atoms with Crippen molar-refractivity contribution in [3.63, 3.8) is 0 Å². The summed E-state index contributed by atoms with van der Waals surface area (Å²) in [5.41, 5.74) is 9.69. The van der Waals surface area contributed by atoms with Gasteiger partial charge in [0.05, 0.1) is 16.6 Å². The van der Waals surface area contributed by atoms with Crippen LogP contribution in [0.3, 0.4) is 0 Å². The Morgan fingerprint density at radius 1 is 1.15 bits per heavy atom. The van der Waals surface area contributed by atoms with Crippen molar-refractivity contribution >= 4 is 28.3 Å². The summed E-state index contributed by atoms with van der Waals surface area (Å²) in [5.74, 6) is 0.993. The second-order valence-corrected chi connectivity index (χ2v) is 5.86. The van der Waals surface area contributed by atoms with Gasteiger partial charge in [0.1, 0.15) is 11.3 Å². The number of rotatable bonds is 2. The Morgan fingerprint density at radius 3 is 2.60 bits per heavy atom. The molecule has 1 fully saturated rings. The molecule has 0 saturated heterocycles. The molecule has 20 heavy (non-hydrogen) atoms. The Hall–Kier alpha value is -2.00. The van der Waals surface area contributed by atoms with Gasteiger partial charge < -0.3 is 10.7 Å². The summed E-state index contributed by atoms with van der Waals surface area (Å²) in [6, 6.07) is 14.1. The molecule has 0 unspecified atom stereocenters. The summed E-state index contributed by atoms with van der Waals surface area (Å²) >= 11 is 6.05. The number of benzene rings is 2. The summed E-state index contributed by atoms with van der Waals surface area (Å²) < 4.78 is 0. The molecule has 0 amide bonds. The van der Waals surface area contributed by atoms with E-state index in [0.29, 0.717) is 10.7 Å². The molecule has 0 radical (unpaired) electrons. The fourth-order valence-corrected chi connectivity index (χ4v) is 3.11. The number of halogens is 1. The largest absolute Gasteiger partial charge is 0.397 e. The molecule has 0 spiro atoms. The summed E-state index contributed by atoms with van der Waals surface area (Å²) in [6.07, 6.45) is 2.23. The Morgan fingerprint density at radius 2 is 1.90 bits per heavy atom. The number of aromatic nitrogens is 2. The molecule has 3 nitrogen and oxygen atoms in total. The Kier molecular flexibility index (Phi) is 2.36. The lowest BCUT2D eigenvalue weighted by Crippen LogP contribution is -2.10. The monoisotopic (exact) mass is 283 g/mol. The Labute approximate surface area is 121 Å². The van der Waals surface area contributed by atoms with E-state index in [1.807, 2.05) is 12.1 Å². The van der Waals surface area contributed by atoms with Crippen LogP contribution in [0, 0.1) is 0 Å². The molecular formula is C16H14ClN3. The van der Waals surface area contributed by atoms with E-state index in [2.05, 4.69) is 29.2 Å². The number of fused-ring (bicyclic) bond motifs is 1. The Balaban J connectivity index is 1.89. The maximum atomic E-state index is 6.05. The molecule has 1 heterocycles. The number of hydrogen-bond donors (Lipinski definition) is 2. The number of nitrogen functional groups attached to an aromatic ring is 1. The zero-order valence-corrected chi connectivity index (χ0v) is 11.6. The number of aromatic amines is 1. The lowest BCUT2D eigenvalue weighted by molar-refractivity contribution is 0.779. The van der Waals surface area contributed by atoms with Crippen molar-refractivity contribution in [2.24, 2.45) is 0 Å². The first-order valence-corrected chi connectivity index (χ1v) is 7.08. The van der Waals surface area contributed by atoms with Crippen molar-refractivity contribution in [3.05, 3.63) is 58.9 Å². The molecule has 3 N–H and O–H groups in total. The number of nitrogens with one attached hydrogen (secondary N) is 1. The molecule has 100 valence electrons. The first kappa shape index (κ1) is 11.8. The first-order valence-electron chi connectivity index (χ1n) is 6.70. The fraction of sp³-hybridized carbons (Fsp3) is 0.188. The SMILES string of the molecule is Nc1cc(Cl)cc2[nH]c(C3(c4ccccc4)CC3)nc12. The lowest BCUT2D eigenvalue weighted by atomic mass is 9.95. The maximum Gasteiger partial charge on any atom is 0.118 e. The third-order valence-electron chi connectivity index (χ3n) is 4.11. The second kappa shape index (κ2) is 4.00. The van der Waals surface area contributed by atoms with Gasteiger partial charge in [0, 0.05) is 5.02 Å². The van der Waals surface area contributed by atoms with Crippen LogP contribution in [0.25, 0.3) is 11.0 Å². The molecule has 0 aliphatic heterocycles. The van der Waals surface area contributed by atoms with E-state index in [0.717, 1.165) is 29.7 Å². The number of anilines is 1. The number of nitrogens with two attached hydrogens (primary N) is 1. The van der Waals surface area contributed by atoms with E-state index in [9.17, 15) is 0 Å². The molecule has 1 saturated carbocycles. The minimum absolute atomic E-state index is 0.0270. The van der Waals surface area contributed by atoms with Gasteiger partial charge >= 0.3 is 0 Å². The van der Waals surface area contributed by atoms with Crippen molar-refractivity contribution in [1.82, 2.24) is 9.97 Å². The maximum absolute atomic E-state index is 6.05. The molecule has 1 aliphatic carbocycles. The molecule has 1 aliphatic rings. The average Bonchev–Trinajstić information content (AvgIpc) is 3.14. The normalized spacial score (nSPS) is 16.4. The van der Waals surface area contributed by atoms with Crippen molar-refractivity contribution in [2.75, 3.05) is 5.73 Å². The summed E-state index contributed by atoms with van der Waals surface area (Å²) in [4.78, 5) is 8.13. The van der Waals surface area contributed by atoms with Crippen LogP contribution >= 0.6 is 11.6 Å². The molecule has 4 heteroatoms. The number of imidazole rings is 1. The zero-order chi connectivity index (χ0) is 13.7. The van der Waals surface area contributed by atoms with Crippen molar-refractivity contribution in [1.29, 1.82) is 0 Å². The standard InChI is InChI=1S/C16H14ClN3/c17-11-8-12(18)14-13(9-11)19-15(20-14)16(6-7-16)10-4-2-1-3-5-10/h1-5,8-9H,6-7,18H2,(H,19,20). The number of H-pyrrole nitrogens is 1. The van der Waals surface area contributed by atoms with Crippen LogP contribution in [0.5, 0.6) is 0 Å². The summed E-state index contributed by atoms with van der Waals surface area (Å²) in [5, 5.41) is 0.634. The van der Waals surface area contributed by atoms with E-state index in [-0.39, 0.29) is 5.41 Å². The molecule has 2 aromatic carbocycles. The third kappa shape index (κ3) is 1.63. The highest BCUT2D eigenvalue weighted by Crippen LogP contribution is 2.52.